The summed E-state index contributed by atoms with van der Waals surface area (Å²) in [5.74, 6) is -1.25. The Hall–Kier alpha value is -2.70. The summed E-state index contributed by atoms with van der Waals surface area (Å²) in [6.07, 6.45) is 1.07. The Morgan fingerprint density at radius 3 is 2.11 bits per heavy atom. The number of amides is 3. The molecule has 27 heavy (non-hydrogen) atoms. The van der Waals surface area contributed by atoms with Crippen molar-refractivity contribution in [1.29, 1.82) is 0 Å². The summed E-state index contributed by atoms with van der Waals surface area (Å²) in [6.45, 7) is 6.52. The van der Waals surface area contributed by atoms with Gasteiger partial charge in [0.25, 0.3) is 17.7 Å². The Kier molecular flexibility index (Phi) is 5.30. The summed E-state index contributed by atoms with van der Waals surface area (Å²) in [6, 6.07) is 5.33. The van der Waals surface area contributed by atoms with Crippen LogP contribution in [0.2, 0.25) is 0 Å². The van der Waals surface area contributed by atoms with Crippen LogP contribution in [0.4, 0.5) is 0 Å². The van der Waals surface area contributed by atoms with E-state index < -0.39 is 23.8 Å². The summed E-state index contributed by atoms with van der Waals surface area (Å²) < 4.78 is 5.12. The molecule has 0 spiro atoms. The lowest BCUT2D eigenvalue weighted by Gasteiger charge is -2.34. The number of carbonyl (C=O) groups excluding carboxylic acids is 4. The summed E-state index contributed by atoms with van der Waals surface area (Å²) in [5.41, 5.74) is 0.545. The predicted molar refractivity (Wildman–Crippen MR) is 96.9 cm³/mol. The summed E-state index contributed by atoms with van der Waals surface area (Å²) in [4.78, 5) is 52.2. The van der Waals surface area contributed by atoms with Crippen molar-refractivity contribution >= 4 is 23.7 Å². The number of imide groups is 1. The number of hydrogen-bond acceptors (Lipinski definition) is 5. The van der Waals surface area contributed by atoms with Crippen molar-refractivity contribution in [1.82, 2.24) is 9.80 Å². The molecule has 0 aromatic heterocycles. The summed E-state index contributed by atoms with van der Waals surface area (Å²) >= 11 is 0. The lowest BCUT2D eigenvalue weighted by Crippen LogP contribution is -2.46. The van der Waals surface area contributed by atoms with Crippen LogP contribution < -0.4 is 0 Å². The maximum atomic E-state index is 12.4. The van der Waals surface area contributed by atoms with Crippen LogP contribution in [0.15, 0.2) is 24.3 Å². The van der Waals surface area contributed by atoms with E-state index in [-0.39, 0.29) is 23.6 Å². The average molecular weight is 372 g/mol. The van der Waals surface area contributed by atoms with Crippen LogP contribution in [-0.4, -0.2) is 59.2 Å². The molecule has 0 radical (unpaired) electrons. The summed E-state index contributed by atoms with van der Waals surface area (Å²) in [5, 5.41) is 0. The smallest absolute Gasteiger partial charge is 0.329 e. The first-order chi connectivity index (χ1) is 12.8. The van der Waals surface area contributed by atoms with Crippen molar-refractivity contribution in [3.05, 3.63) is 35.4 Å². The highest BCUT2D eigenvalue weighted by Gasteiger charge is 2.41. The molecule has 144 valence electrons. The Bertz CT molecular complexity index is 745. The fourth-order valence-electron chi connectivity index (χ4n) is 3.88. The first-order valence-electron chi connectivity index (χ1n) is 9.21. The van der Waals surface area contributed by atoms with Gasteiger partial charge in [-0.25, -0.2) is 4.79 Å². The highest BCUT2D eigenvalue weighted by Crippen LogP contribution is 2.25. The topological polar surface area (TPSA) is 84.0 Å². The van der Waals surface area contributed by atoms with Gasteiger partial charge in [-0.05, 0) is 37.3 Å². The second-order valence-electron chi connectivity index (χ2n) is 7.55. The third-order valence-corrected chi connectivity index (χ3v) is 5.11. The van der Waals surface area contributed by atoms with E-state index in [1.165, 1.54) is 6.92 Å². The molecule has 2 heterocycles. The van der Waals surface area contributed by atoms with Crippen LogP contribution in [0.3, 0.4) is 0 Å². The Labute approximate surface area is 158 Å². The van der Waals surface area contributed by atoms with Gasteiger partial charge in [0.2, 0.25) is 0 Å². The van der Waals surface area contributed by atoms with E-state index in [0.717, 1.165) is 11.3 Å². The molecule has 1 aromatic carbocycles. The third kappa shape index (κ3) is 3.72. The molecule has 3 atom stereocenters. The van der Waals surface area contributed by atoms with Crippen molar-refractivity contribution in [2.75, 3.05) is 19.7 Å². The first-order valence-corrected chi connectivity index (χ1v) is 9.21. The van der Waals surface area contributed by atoms with Crippen LogP contribution >= 0.6 is 0 Å². The van der Waals surface area contributed by atoms with E-state index in [1.54, 1.807) is 29.2 Å². The van der Waals surface area contributed by atoms with Crippen LogP contribution in [-0.2, 0) is 14.3 Å². The molecule has 7 nitrogen and oxygen atoms in total. The SMILES string of the molecule is C[C@@H]1C[C@@H](C)CN(C(=O)COC(=O)[C@@H](C)N2C(=O)c3ccccc3C2=O)C1. The molecular formula is C20H24N2O5. The van der Waals surface area contributed by atoms with Gasteiger partial charge in [-0.15, -0.1) is 0 Å². The molecule has 0 unspecified atom stereocenters. The van der Waals surface area contributed by atoms with E-state index in [9.17, 15) is 19.2 Å². The molecule has 3 rings (SSSR count). The summed E-state index contributed by atoms with van der Waals surface area (Å²) in [7, 11) is 0. The molecule has 1 saturated heterocycles. The zero-order valence-electron chi connectivity index (χ0n) is 15.8. The maximum absolute atomic E-state index is 12.4. The highest BCUT2D eigenvalue weighted by atomic mass is 16.5. The maximum Gasteiger partial charge on any atom is 0.329 e. The van der Waals surface area contributed by atoms with Crippen LogP contribution in [0, 0.1) is 11.8 Å². The molecule has 0 saturated carbocycles. The molecule has 7 heteroatoms. The average Bonchev–Trinajstić information content (AvgIpc) is 2.89. The minimum absolute atomic E-state index is 0.253. The van der Waals surface area contributed by atoms with Gasteiger partial charge >= 0.3 is 5.97 Å². The lowest BCUT2D eigenvalue weighted by molar-refractivity contribution is -0.155. The van der Waals surface area contributed by atoms with Gasteiger partial charge in [0.1, 0.15) is 6.04 Å². The first kappa shape index (κ1) is 19.1. The number of rotatable bonds is 4. The number of piperidine rings is 1. The molecule has 0 N–H and O–H groups in total. The van der Waals surface area contributed by atoms with Gasteiger partial charge in [0.15, 0.2) is 6.61 Å². The molecule has 0 aliphatic carbocycles. The highest BCUT2D eigenvalue weighted by molar-refractivity contribution is 6.22. The van der Waals surface area contributed by atoms with Crippen LogP contribution in [0.1, 0.15) is 47.9 Å². The number of ether oxygens (including phenoxy) is 1. The molecule has 1 fully saturated rings. The number of nitrogens with zero attached hydrogens (tertiary/aromatic N) is 2. The van der Waals surface area contributed by atoms with Gasteiger partial charge < -0.3 is 9.64 Å². The molecule has 2 aliphatic heterocycles. The van der Waals surface area contributed by atoms with Crippen molar-refractivity contribution in [3.63, 3.8) is 0 Å². The molecular weight excluding hydrogens is 348 g/mol. The van der Waals surface area contributed by atoms with Gasteiger partial charge in [0, 0.05) is 13.1 Å². The van der Waals surface area contributed by atoms with Gasteiger partial charge in [-0.2, -0.15) is 0 Å². The predicted octanol–water partition coefficient (Wildman–Crippen LogP) is 1.72. The standard InChI is InChI=1S/C20H24N2O5/c1-12-8-13(2)10-21(9-12)17(23)11-27-20(26)14(3)22-18(24)15-6-4-5-7-16(15)19(22)25/h4-7,12-14H,8-11H2,1-3H3/t12-,13-,14-/m1/s1. The number of fused-ring (bicyclic) bond motifs is 1. The zero-order valence-corrected chi connectivity index (χ0v) is 15.8. The minimum atomic E-state index is -1.09. The fourth-order valence-corrected chi connectivity index (χ4v) is 3.88. The number of carbonyl (C=O) groups is 4. The zero-order chi connectivity index (χ0) is 19.7. The van der Waals surface area contributed by atoms with E-state index in [1.807, 2.05) is 0 Å². The molecule has 2 aliphatic rings. The third-order valence-electron chi connectivity index (χ3n) is 5.11. The van der Waals surface area contributed by atoms with Gasteiger partial charge in [-0.1, -0.05) is 26.0 Å². The second-order valence-corrected chi connectivity index (χ2v) is 7.55. The normalized spacial score (nSPS) is 23.2. The monoisotopic (exact) mass is 372 g/mol. The second kappa shape index (κ2) is 7.50. The quantitative estimate of drug-likeness (QED) is 0.594. The Morgan fingerprint density at radius 1 is 1.07 bits per heavy atom. The van der Waals surface area contributed by atoms with E-state index in [4.69, 9.17) is 4.74 Å². The van der Waals surface area contributed by atoms with Crippen molar-refractivity contribution in [2.24, 2.45) is 11.8 Å². The van der Waals surface area contributed by atoms with Crippen molar-refractivity contribution in [3.8, 4) is 0 Å². The van der Waals surface area contributed by atoms with E-state index >= 15 is 0 Å². The number of esters is 1. The largest absolute Gasteiger partial charge is 0.454 e. The molecule has 0 bridgehead atoms. The molecule has 3 amide bonds. The van der Waals surface area contributed by atoms with E-state index in [0.29, 0.717) is 24.9 Å². The minimum Gasteiger partial charge on any atom is -0.454 e. The van der Waals surface area contributed by atoms with Crippen molar-refractivity contribution < 1.29 is 23.9 Å². The number of benzene rings is 1. The molecule has 1 aromatic rings. The number of hydrogen-bond donors (Lipinski definition) is 0. The lowest BCUT2D eigenvalue weighted by atomic mass is 9.92. The van der Waals surface area contributed by atoms with Crippen molar-refractivity contribution in [2.45, 2.75) is 33.2 Å². The van der Waals surface area contributed by atoms with Gasteiger partial charge in [0.05, 0.1) is 11.1 Å². The van der Waals surface area contributed by atoms with E-state index in [2.05, 4.69) is 13.8 Å². The Balaban J connectivity index is 1.59. The number of likely N-dealkylation sites (tertiary alicyclic amines) is 1. The Morgan fingerprint density at radius 2 is 1.59 bits per heavy atom. The van der Waals surface area contributed by atoms with Gasteiger partial charge in [-0.3, -0.25) is 19.3 Å². The van der Waals surface area contributed by atoms with Crippen LogP contribution in [0.25, 0.3) is 0 Å². The van der Waals surface area contributed by atoms with Crippen LogP contribution in [0.5, 0.6) is 0 Å². The fraction of sp³-hybridized carbons (Fsp3) is 0.500.